The number of likely N-dealkylation sites (tertiary alicyclic amines) is 1. The second kappa shape index (κ2) is 10.8. The van der Waals surface area contributed by atoms with Gasteiger partial charge in [0.1, 0.15) is 11.3 Å². The first kappa shape index (κ1) is 22.6. The van der Waals surface area contributed by atoms with Crippen molar-refractivity contribution in [3.63, 3.8) is 0 Å². The lowest BCUT2D eigenvalue weighted by atomic mass is 10.1. The molecule has 2 saturated heterocycles. The van der Waals surface area contributed by atoms with Gasteiger partial charge >= 0.3 is 0 Å². The van der Waals surface area contributed by atoms with Crippen molar-refractivity contribution in [1.82, 2.24) is 19.8 Å². The first-order chi connectivity index (χ1) is 16.8. The average Bonchev–Trinajstić information content (AvgIpc) is 2.91. The Balaban J connectivity index is 1.10. The molecule has 0 saturated carbocycles. The standard InChI is InChI=1S/C27H33N5O2/c33-27(24-6-4-7-25-26(24)29-13-12-28-25)32-19-17-31(18-20-32)22-8-10-23(11-9-22)34-21-5-16-30-14-2-1-3-15-30/h4,6-13H,1-3,5,14-21H2. The van der Waals surface area contributed by atoms with Crippen LogP contribution in [-0.2, 0) is 0 Å². The van der Waals surface area contributed by atoms with Gasteiger partial charge in [-0.1, -0.05) is 12.5 Å². The smallest absolute Gasteiger partial charge is 0.256 e. The molecule has 2 aliphatic rings. The lowest BCUT2D eigenvalue weighted by Crippen LogP contribution is -2.48. The predicted molar refractivity (Wildman–Crippen MR) is 134 cm³/mol. The Bertz CT molecular complexity index is 1080. The van der Waals surface area contributed by atoms with Crippen molar-refractivity contribution in [3.05, 3.63) is 60.4 Å². The van der Waals surface area contributed by atoms with Crippen LogP contribution in [0, 0.1) is 0 Å². The van der Waals surface area contributed by atoms with Crippen molar-refractivity contribution in [2.45, 2.75) is 25.7 Å². The summed E-state index contributed by atoms with van der Waals surface area (Å²) < 4.78 is 5.96. The normalized spacial score (nSPS) is 17.2. The summed E-state index contributed by atoms with van der Waals surface area (Å²) in [4.78, 5) is 28.6. The van der Waals surface area contributed by atoms with E-state index in [-0.39, 0.29) is 5.91 Å². The quantitative estimate of drug-likeness (QED) is 0.500. The zero-order valence-corrected chi connectivity index (χ0v) is 19.7. The fourth-order valence-electron chi connectivity index (χ4n) is 4.92. The Kier molecular flexibility index (Phi) is 7.19. The largest absolute Gasteiger partial charge is 0.494 e. The highest BCUT2D eigenvalue weighted by molar-refractivity contribution is 6.04. The van der Waals surface area contributed by atoms with Crippen molar-refractivity contribution < 1.29 is 9.53 Å². The van der Waals surface area contributed by atoms with E-state index in [0.717, 1.165) is 43.9 Å². The van der Waals surface area contributed by atoms with Gasteiger partial charge < -0.3 is 19.4 Å². The highest BCUT2D eigenvalue weighted by Gasteiger charge is 2.24. The molecule has 1 amide bonds. The third-order valence-electron chi connectivity index (χ3n) is 6.83. The van der Waals surface area contributed by atoms with Crippen LogP contribution in [0.4, 0.5) is 5.69 Å². The van der Waals surface area contributed by atoms with E-state index in [4.69, 9.17) is 4.74 Å². The molecule has 2 aromatic carbocycles. The van der Waals surface area contributed by atoms with Gasteiger partial charge in [-0.15, -0.1) is 0 Å². The summed E-state index contributed by atoms with van der Waals surface area (Å²) in [6.45, 7) is 7.35. The number of para-hydroxylation sites is 1. The Hall–Kier alpha value is -3.19. The van der Waals surface area contributed by atoms with Crippen LogP contribution in [0.5, 0.6) is 5.75 Å². The molecule has 0 unspecified atom stereocenters. The van der Waals surface area contributed by atoms with Crippen LogP contribution in [0.15, 0.2) is 54.9 Å². The molecule has 7 heteroatoms. The first-order valence-corrected chi connectivity index (χ1v) is 12.5. The number of piperazine rings is 1. The molecule has 0 N–H and O–H groups in total. The third kappa shape index (κ3) is 5.30. The molecule has 1 aromatic heterocycles. The fraction of sp³-hybridized carbons (Fsp3) is 0.444. The second-order valence-electron chi connectivity index (χ2n) is 9.11. The Morgan fingerprint density at radius 1 is 0.853 bits per heavy atom. The zero-order chi connectivity index (χ0) is 23.2. The van der Waals surface area contributed by atoms with E-state index in [1.807, 2.05) is 23.1 Å². The molecule has 0 bridgehead atoms. The summed E-state index contributed by atoms with van der Waals surface area (Å²) in [5, 5.41) is 0. The van der Waals surface area contributed by atoms with Gasteiger partial charge in [-0.2, -0.15) is 0 Å². The molecule has 5 rings (SSSR count). The summed E-state index contributed by atoms with van der Waals surface area (Å²) in [5.74, 6) is 0.951. The number of rotatable bonds is 7. The van der Waals surface area contributed by atoms with Crippen LogP contribution >= 0.6 is 0 Å². The van der Waals surface area contributed by atoms with E-state index in [0.29, 0.717) is 24.2 Å². The van der Waals surface area contributed by atoms with Gasteiger partial charge in [0.2, 0.25) is 0 Å². The van der Waals surface area contributed by atoms with Crippen molar-refractivity contribution in [2.24, 2.45) is 0 Å². The topological polar surface area (TPSA) is 61.8 Å². The minimum Gasteiger partial charge on any atom is -0.494 e. The number of aromatic nitrogens is 2. The maximum absolute atomic E-state index is 13.1. The van der Waals surface area contributed by atoms with Gasteiger partial charge in [-0.05, 0) is 68.8 Å². The van der Waals surface area contributed by atoms with Crippen LogP contribution in [0.3, 0.4) is 0 Å². The summed E-state index contributed by atoms with van der Waals surface area (Å²) in [6, 6.07) is 14.0. The number of nitrogens with zero attached hydrogens (tertiary/aromatic N) is 5. The molecule has 0 atom stereocenters. The zero-order valence-electron chi connectivity index (χ0n) is 19.7. The number of hydrogen-bond donors (Lipinski definition) is 0. The van der Waals surface area contributed by atoms with Crippen molar-refractivity contribution >= 4 is 22.6 Å². The van der Waals surface area contributed by atoms with E-state index >= 15 is 0 Å². The lowest BCUT2D eigenvalue weighted by molar-refractivity contribution is 0.0748. The van der Waals surface area contributed by atoms with Gasteiger partial charge in [-0.25, -0.2) is 0 Å². The number of amides is 1. The fourth-order valence-corrected chi connectivity index (χ4v) is 4.92. The number of piperidine rings is 1. The molecular weight excluding hydrogens is 426 g/mol. The Morgan fingerprint density at radius 3 is 2.41 bits per heavy atom. The van der Waals surface area contributed by atoms with Crippen LogP contribution < -0.4 is 9.64 Å². The molecule has 7 nitrogen and oxygen atoms in total. The van der Waals surface area contributed by atoms with Crippen molar-refractivity contribution in [3.8, 4) is 5.75 Å². The van der Waals surface area contributed by atoms with E-state index in [1.54, 1.807) is 12.4 Å². The van der Waals surface area contributed by atoms with Gasteiger partial charge in [0.25, 0.3) is 5.91 Å². The number of ether oxygens (including phenoxy) is 1. The van der Waals surface area contributed by atoms with E-state index in [2.05, 4.69) is 44.0 Å². The van der Waals surface area contributed by atoms with Gasteiger partial charge in [0.15, 0.2) is 0 Å². The summed E-state index contributed by atoms with van der Waals surface area (Å²) in [6.07, 6.45) is 8.41. The second-order valence-corrected chi connectivity index (χ2v) is 9.11. The van der Waals surface area contributed by atoms with Gasteiger partial charge in [0, 0.05) is 50.8 Å². The average molecular weight is 460 g/mol. The third-order valence-corrected chi connectivity index (χ3v) is 6.83. The van der Waals surface area contributed by atoms with E-state index < -0.39 is 0 Å². The number of hydrogen-bond acceptors (Lipinski definition) is 6. The number of carbonyl (C=O) groups excluding carboxylic acids is 1. The maximum Gasteiger partial charge on any atom is 0.256 e. The Labute approximate surface area is 201 Å². The molecule has 2 aliphatic heterocycles. The molecule has 2 fully saturated rings. The van der Waals surface area contributed by atoms with Gasteiger partial charge in [0.05, 0.1) is 17.7 Å². The van der Waals surface area contributed by atoms with Crippen molar-refractivity contribution in [1.29, 1.82) is 0 Å². The number of benzene rings is 2. The maximum atomic E-state index is 13.1. The summed E-state index contributed by atoms with van der Waals surface area (Å²) in [5.41, 5.74) is 3.22. The molecule has 0 spiro atoms. The number of anilines is 1. The first-order valence-electron chi connectivity index (χ1n) is 12.5. The molecule has 3 heterocycles. The molecular formula is C27H33N5O2. The minimum absolute atomic E-state index is 0.0269. The Morgan fingerprint density at radius 2 is 1.62 bits per heavy atom. The minimum atomic E-state index is 0.0269. The number of fused-ring (bicyclic) bond motifs is 1. The molecule has 34 heavy (non-hydrogen) atoms. The molecule has 0 radical (unpaired) electrons. The monoisotopic (exact) mass is 459 g/mol. The SMILES string of the molecule is O=C(c1cccc2nccnc12)N1CCN(c2ccc(OCCCN3CCCCC3)cc2)CC1. The van der Waals surface area contributed by atoms with E-state index in [9.17, 15) is 4.79 Å². The van der Waals surface area contributed by atoms with Gasteiger partial charge in [-0.3, -0.25) is 14.8 Å². The highest BCUT2D eigenvalue weighted by Crippen LogP contribution is 2.22. The van der Waals surface area contributed by atoms with Crippen LogP contribution in [0.1, 0.15) is 36.0 Å². The molecule has 3 aromatic rings. The summed E-state index contributed by atoms with van der Waals surface area (Å²) in [7, 11) is 0. The number of carbonyl (C=O) groups is 1. The molecule has 0 aliphatic carbocycles. The summed E-state index contributed by atoms with van der Waals surface area (Å²) >= 11 is 0. The lowest BCUT2D eigenvalue weighted by Gasteiger charge is -2.36. The van der Waals surface area contributed by atoms with Crippen molar-refractivity contribution in [2.75, 3.05) is 57.3 Å². The highest BCUT2D eigenvalue weighted by atomic mass is 16.5. The predicted octanol–water partition coefficient (Wildman–Crippen LogP) is 3.85. The van der Waals surface area contributed by atoms with E-state index in [1.165, 1.54) is 38.0 Å². The molecule has 178 valence electrons. The van der Waals surface area contributed by atoms with Crippen LogP contribution in [0.2, 0.25) is 0 Å². The van der Waals surface area contributed by atoms with Crippen LogP contribution in [-0.4, -0.2) is 78.1 Å². The van der Waals surface area contributed by atoms with Crippen LogP contribution in [0.25, 0.3) is 11.0 Å².